The summed E-state index contributed by atoms with van der Waals surface area (Å²) in [6.45, 7) is 1.55. The number of methoxy groups -OCH3 is 1. The molecule has 0 aliphatic rings. The second-order valence-corrected chi connectivity index (χ2v) is 5.26. The molecule has 0 aliphatic heterocycles. The molecule has 2 aromatic carbocycles. The van der Waals surface area contributed by atoms with Gasteiger partial charge in [0.05, 0.1) is 29.5 Å². The van der Waals surface area contributed by atoms with E-state index < -0.39 is 17.8 Å². The van der Waals surface area contributed by atoms with Crippen molar-refractivity contribution < 1.29 is 18.7 Å². The van der Waals surface area contributed by atoms with E-state index in [1.54, 1.807) is 19.1 Å². The van der Waals surface area contributed by atoms with Gasteiger partial charge in [0.1, 0.15) is 5.82 Å². The number of rotatable bonds is 5. The van der Waals surface area contributed by atoms with Gasteiger partial charge in [-0.15, -0.1) is 0 Å². The molecule has 0 saturated heterocycles. The van der Waals surface area contributed by atoms with Crippen LogP contribution in [0.4, 0.5) is 10.1 Å². The lowest BCUT2D eigenvalue weighted by atomic mass is 10.2. The highest BCUT2D eigenvalue weighted by Gasteiger charge is 2.18. The lowest BCUT2D eigenvalue weighted by Crippen LogP contribution is -2.30. The van der Waals surface area contributed by atoms with Crippen LogP contribution in [0.1, 0.15) is 12.5 Å². The molecule has 124 valence electrons. The van der Waals surface area contributed by atoms with Crippen LogP contribution in [0, 0.1) is 17.1 Å². The highest BCUT2D eigenvalue weighted by Crippen LogP contribution is 2.29. The third-order valence-corrected chi connectivity index (χ3v) is 3.47. The van der Waals surface area contributed by atoms with Crippen molar-refractivity contribution in [2.75, 3.05) is 12.4 Å². The molecule has 7 heteroatoms. The summed E-state index contributed by atoms with van der Waals surface area (Å²) in [7, 11) is 1.44. The summed E-state index contributed by atoms with van der Waals surface area (Å²) < 4.78 is 23.7. The number of nitrogens with one attached hydrogen (secondary N) is 1. The Labute approximate surface area is 143 Å². The van der Waals surface area contributed by atoms with Crippen molar-refractivity contribution in [2.45, 2.75) is 13.0 Å². The summed E-state index contributed by atoms with van der Waals surface area (Å²) in [5.74, 6) is -0.294. The fraction of sp³-hybridized carbons (Fsp3) is 0.176. The molecular formula is C17H14ClFN2O3. The van der Waals surface area contributed by atoms with Gasteiger partial charge >= 0.3 is 0 Å². The van der Waals surface area contributed by atoms with E-state index in [2.05, 4.69) is 5.32 Å². The van der Waals surface area contributed by atoms with E-state index >= 15 is 0 Å². The Morgan fingerprint density at radius 2 is 2.04 bits per heavy atom. The second kappa shape index (κ2) is 7.66. The number of nitrogens with zero attached hydrogens (tertiary/aromatic N) is 1. The summed E-state index contributed by atoms with van der Waals surface area (Å²) in [5.41, 5.74) is 0.694. The van der Waals surface area contributed by atoms with E-state index in [-0.39, 0.29) is 10.7 Å². The normalized spacial score (nSPS) is 11.3. The lowest BCUT2D eigenvalue weighted by molar-refractivity contribution is -0.122. The quantitative estimate of drug-likeness (QED) is 0.892. The summed E-state index contributed by atoms with van der Waals surface area (Å²) >= 11 is 5.87. The van der Waals surface area contributed by atoms with E-state index in [9.17, 15) is 9.18 Å². The fourth-order valence-electron chi connectivity index (χ4n) is 1.90. The first-order chi connectivity index (χ1) is 11.4. The first-order valence-corrected chi connectivity index (χ1v) is 7.33. The minimum absolute atomic E-state index is 0.0894. The maximum atomic E-state index is 13.0. The first-order valence-electron chi connectivity index (χ1n) is 6.95. The minimum atomic E-state index is -0.868. The van der Waals surface area contributed by atoms with Gasteiger partial charge < -0.3 is 14.8 Å². The molecular weight excluding hydrogens is 335 g/mol. The number of hydrogen-bond acceptors (Lipinski definition) is 4. The molecule has 2 aromatic rings. The molecule has 1 unspecified atom stereocenters. The Morgan fingerprint density at radius 1 is 1.29 bits per heavy atom. The number of amides is 1. The average Bonchev–Trinajstić information content (AvgIpc) is 2.57. The van der Waals surface area contributed by atoms with Crippen molar-refractivity contribution in [3.63, 3.8) is 0 Å². The Morgan fingerprint density at radius 3 is 2.67 bits per heavy atom. The first kappa shape index (κ1) is 17.6. The van der Waals surface area contributed by atoms with Gasteiger partial charge in [-0.25, -0.2) is 4.39 Å². The molecule has 0 bridgehead atoms. The van der Waals surface area contributed by atoms with Gasteiger partial charge in [0.25, 0.3) is 5.91 Å². The molecule has 0 spiro atoms. The Bertz CT molecular complexity index is 805. The van der Waals surface area contributed by atoms with Crippen LogP contribution in [0.25, 0.3) is 0 Å². The smallest absolute Gasteiger partial charge is 0.265 e. The fourth-order valence-corrected chi connectivity index (χ4v) is 2.12. The molecule has 0 aliphatic carbocycles. The predicted octanol–water partition coefficient (Wildman–Crippen LogP) is 3.77. The van der Waals surface area contributed by atoms with Gasteiger partial charge in [-0.3, -0.25) is 4.79 Å². The number of halogens is 2. The van der Waals surface area contributed by atoms with Crippen molar-refractivity contribution in [3.8, 4) is 17.6 Å². The second-order valence-electron chi connectivity index (χ2n) is 4.85. The topological polar surface area (TPSA) is 71.3 Å². The number of carbonyl (C=O) groups excluding carboxylic acids is 1. The van der Waals surface area contributed by atoms with Crippen LogP contribution in [-0.2, 0) is 4.79 Å². The van der Waals surface area contributed by atoms with Crippen molar-refractivity contribution in [2.24, 2.45) is 0 Å². The van der Waals surface area contributed by atoms with Gasteiger partial charge in [-0.2, -0.15) is 5.26 Å². The Balaban J connectivity index is 2.10. The highest BCUT2D eigenvalue weighted by atomic mass is 35.5. The zero-order chi connectivity index (χ0) is 17.7. The molecule has 0 radical (unpaired) electrons. The van der Waals surface area contributed by atoms with E-state index in [1.807, 2.05) is 6.07 Å². The monoisotopic (exact) mass is 348 g/mol. The molecule has 0 saturated carbocycles. The Hall–Kier alpha value is -2.78. The van der Waals surface area contributed by atoms with Gasteiger partial charge in [0.15, 0.2) is 17.6 Å². The predicted molar refractivity (Wildman–Crippen MR) is 87.8 cm³/mol. The molecule has 1 N–H and O–H groups in total. The molecule has 24 heavy (non-hydrogen) atoms. The maximum Gasteiger partial charge on any atom is 0.265 e. The van der Waals surface area contributed by atoms with Gasteiger partial charge in [0.2, 0.25) is 0 Å². The molecule has 0 aromatic heterocycles. The van der Waals surface area contributed by atoms with Crippen molar-refractivity contribution in [1.82, 2.24) is 0 Å². The zero-order valence-electron chi connectivity index (χ0n) is 13.0. The molecule has 1 atom stereocenters. The molecule has 2 rings (SSSR count). The number of nitriles is 1. The standard InChI is InChI=1S/C17H14ClFN2O3/c1-10(17(22)21-14-5-4-12(19)8-13(14)18)24-15-6-3-11(9-20)7-16(15)23-2/h3-8,10H,1-2H3,(H,21,22). The van der Waals surface area contributed by atoms with Crippen molar-refractivity contribution in [3.05, 3.63) is 52.8 Å². The van der Waals surface area contributed by atoms with E-state index in [4.69, 9.17) is 26.3 Å². The Kier molecular flexibility index (Phi) is 5.61. The summed E-state index contributed by atoms with van der Waals surface area (Å²) in [6, 6.07) is 10.3. The number of ether oxygens (including phenoxy) is 2. The summed E-state index contributed by atoms with van der Waals surface area (Å²) in [5, 5.41) is 11.5. The number of anilines is 1. The third kappa shape index (κ3) is 4.15. The maximum absolute atomic E-state index is 13.0. The summed E-state index contributed by atoms with van der Waals surface area (Å²) in [6.07, 6.45) is -0.868. The summed E-state index contributed by atoms with van der Waals surface area (Å²) in [4.78, 5) is 12.2. The van der Waals surface area contributed by atoms with Crippen LogP contribution in [0.5, 0.6) is 11.5 Å². The van der Waals surface area contributed by atoms with Crippen LogP contribution in [0.2, 0.25) is 5.02 Å². The molecule has 0 fully saturated rings. The van der Waals surface area contributed by atoms with Crippen LogP contribution >= 0.6 is 11.6 Å². The number of benzene rings is 2. The van der Waals surface area contributed by atoms with Crippen molar-refractivity contribution >= 4 is 23.2 Å². The number of carbonyl (C=O) groups is 1. The van der Waals surface area contributed by atoms with E-state index in [0.29, 0.717) is 17.1 Å². The zero-order valence-corrected chi connectivity index (χ0v) is 13.7. The molecule has 0 heterocycles. The lowest BCUT2D eigenvalue weighted by Gasteiger charge is -2.17. The van der Waals surface area contributed by atoms with E-state index in [1.165, 1.54) is 25.3 Å². The largest absolute Gasteiger partial charge is 0.493 e. The van der Waals surface area contributed by atoms with Gasteiger partial charge in [0, 0.05) is 6.07 Å². The minimum Gasteiger partial charge on any atom is -0.493 e. The molecule has 1 amide bonds. The van der Waals surface area contributed by atoms with Crippen LogP contribution < -0.4 is 14.8 Å². The van der Waals surface area contributed by atoms with Gasteiger partial charge in [-0.1, -0.05) is 11.6 Å². The van der Waals surface area contributed by atoms with Gasteiger partial charge in [-0.05, 0) is 37.3 Å². The number of hydrogen-bond donors (Lipinski definition) is 1. The average molecular weight is 349 g/mol. The van der Waals surface area contributed by atoms with Crippen LogP contribution in [0.3, 0.4) is 0 Å². The third-order valence-electron chi connectivity index (χ3n) is 3.15. The highest BCUT2D eigenvalue weighted by molar-refractivity contribution is 6.33. The van der Waals surface area contributed by atoms with Crippen LogP contribution in [-0.4, -0.2) is 19.1 Å². The van der Waals surface area contributed by atoms with Crippen LogP contribution in [0.15, 0.2) is 36.4 Å². The molecule has 5 nitrogen and oxygen atoms in total. The van der Waals surface area contributed by atoms with Crippen molar-refractivity contribution in [1.29, 1.82) is 5.26 Å². The van der Waals surface area contributed by atoms with E-state index in [0.717, 1.165) is 6.07 Å². The SMILES string of the molecule is COc1cc(C#N)ccc1OC(C)C(=O)Nc1ccc(F)cc1Cl.